The van der Waals surface area contributed by atoms with Gasteiger partial charge < -0.3 is 5.73 Å². The van der Waals surface area contributed by atoms with E-state index in [4.69, 9.17) is 5.73 Å². The quantitative estimate of drug-likeness (QED) is 0.805. The Kier molecular flexibility index (Phi) is 3.62. The molecule has 0 aliphatic carbocycles. The lowest BCUT2D eigenvalue weighted by molar-refractivity contribution is 0.550. The van der Waals surface area contributed by atoms with Gasteiger partial charge in [0.05, 0.1) is 10.6 Å². The van der Waals surface area contributed by atoms with Crippen molar-refractivity contribution in [1.82, 2.24) is 9.59 Å². The molecule has 0 saturated carbocycles. The molecule has 1 aromatic rings. The van der Waals surface area contributed by atoms with E-state index in [2.05, 4.69) is 36.9 Å². The molecule has 2 N–H and O–H groups in total. The second-order valence-corrected chi connectivity index (χ2v) is 5.79. The van der Waals surface area contributed by atoms with Gasteiger partial charge in [0, 0.05) is 11.5 Å². The van der Waals surface area contributed by atoms with E-state index >= 15 is 0 Å². The molecule has 1 aromatic heterocycles. The van der Waals surface area contributed by atoms with E-state index in [1.54, 1.807) is 0 Å². The van der Waals surface area contributed by atoms with Gasteiger partial charge in [-0.05, 0) is 24.9 Å². The van der Waals surface area contributed by atoms with Gasteiger partial charge in [0.15, 0.2) is 0 Å². The molecule has 0 aliphatic heterocycles. The van der Waals surface area contributed by atoms with Crippen molar-refractivity contribution in [3.63, 3.8) is 0 Å². The summed E-state index contributed by atoms with van der Waals surface area (Å²) in [5, 5.41) is 4.17. The summed E-state index contributed by atoms with van der Waals surface area (Å²) in [7, 11) is 0. The first-order chi connectivity index (χ1) is 6.82. The monoisotopic (exact) mass is 225 g/mol. The molecule has 0 radical (unpaired) electrons. The van der Waals surface area contributed by atoms with E-state index in [0.717, 1.165) is 22.6 Å². The third-order valence-electron chi connectivity index (χ3n) is 2.13. The van der Waals surface area contributed by atoms with Crippen LogP contribution in [0.1, 0.15) is 50.7 Å². The van der Waals surface area contributed by atoms with Crippen molar-refractivity contribution in [1.29, 1.82) is 0 Å². The van der Waals surface area contributed by atoms with Crippen molar-refractivity contribution < 1.29 is 0 Å². The molecule has 0 bridgehead atoms. The molecule has 3 nitrogen and oxygen atoms in total. The maximum atomic E-state index is 6.11. The second kappa shape index (κ2) is 4.41. The molecule has 0 aliphatic rings. The fourth-order valence-electron chi connectivity index (χ4n) is 1.43. The van der Waals surface area contributed by atoms with Crippen molar-refractivity contribution in [3.8, 4) is 0 Å². The fraction of sp³-hybridized carbons (Fsp3) is 0.636. The Morgan fingerprint density at radius 2 is 2.13 bits per heavy atom. The van der Waals surface area contributed by atoms with E-state index in [1.165, 1.54) is 11.5 Å². The summed E-state index contributed by atoms with van der Waals surface area (Å²) >= 11 is 1.40. The zero-order valence-electron chi connectivity index (χ0n) is 9.87. The van der Waals surface area contributed by atoms with Gasteiger partial charge in [-0.2, -0.15) is 0 Å². The van der Waals surface area contributed by atoms with Gasteiger partial charge >= 0.3 is 0 Å². The number of nitrogens with zero attached hydrogens (tertiary/aromatic N) is 2. The summed E-state index contributed by atoms with van der Waals surface area (Å²) in [4.78, 5) is 1.09. The van der Waals surface area contributed by atoms with E-state index in [-0.39, 0.29) is 11.5 Å². The van der Waals surface area contributed by atoms with Gasteiger partial charge in [0.1, 0.15) is 0 Å². The first kappa shape index (κ1) is 12.3. The molecule has 1 unspecified atom stereocenters. The van der Waals surface area contributed by atoms with Crippen LogP contribution in [0, 0.1) is 0 Å². The highest BCUT2D eigenvalue weighted by atomic mass is 32.1. The lowest BCUT2D eigenvalue weighted by atomic mass is 9.89. The predicted molar refractivity (Wildman–Crippen MR) is 65.0 cm³/mol. The molecule has 0 amide bonds. The van der Waals surface area contributed by atoms with Crippen LogP contribution in [0.15, 0.2) is 12.2 Å². The zero-order chi connectivity index (χ0) is 11.6. The summed E-state index contributed by atoms with van der Waals surface area (Å²) in [6.45, 7) is 12.2. The maximum absolute atomic E-state index is 6.11. The third kappa shape index (κ3) is 3.11. The SMILES string of the molecule is C=C(C)CC(N)c1snnc1C(C)(C)C. The summed E-state index contributed by atoms with van der Waals surface area (Å²) < 4.78 is 4.00. The van der Waals surface area contributed by atoms with Crippen LogP contribution in [0.5, 0.6) is 0 Å². The highest BCUT2D eigenvalue weighted by molar-refractivity contribution is 7.05. The van der Waals surface area contributed by atoms with Crippen molar-refractivity contribution in [3.05, 3.63) is 22.7 Å². The minimum absolute atomic E-state index is 0.00896. The van der Waals surface area contributed by atoms with E-state index in [1.807, 2.05) is 6.92 Å². The molecule has 15 heavy (non-hydrogen) atoms. The first-order valence-corrected chi connectivity index (χ1v) is 5.82. The fourth-order valence-corrected chi connectivity index (χ4v) is 2.29. The van der Waals surface area contributed by atoms with Crippen LogP contribution in [0.25, 0.3) is 0 Å². The van der Waals surface area contributed by atoms with Crippen LogP contribution in [-0.4, -0.2) is 9.59 Å². The third-order valence-corrected chi connectivity index (χ3v) is 2.99. The van der Waals surface area contributed by atoms with Gasteiger partial charge in [0.25, 0.3) is 0 Å². The Morgan fingerprint density at radius 3 is 2.60 bits per heavy atom. The Labute approximate surface area is 95.6 Å². The van der Waals surface area contributed by atoms with Crippen LogP contribution in [-0.2, 0) is 5.41 Å². The molecule has 0 spiro atoms. The van der Waals surface area contributed by atoms with Gasteiger partial charge in [-0.25, -0.2) is 0 Å². The van der Waals surface area contributed by atoms with Crippen LogP contribution >= 0.6 is 11.5 Å². The number of rotatable bonds is 3. The normalized spacial score (nSPS) is 13.9. The lowest BCUT2D eigenvalue weighted by Gasteiger charge is -2.19. The number of hydrogen-bond acceptors (Lipinski definition) is 4. The van der Waals surface area contributed by atoms with Crippen molar-refractivity contribution >= 4 is 11.5 Å². The zero-order valence-corrected chi connectivity index (χ0v) is 10.7. The Hall–Kier alpha value is -0.740. The summed E-state index contributed by atoms with van der Waals surface area (Å²) in [6.07, 6.45) is 0.799. The van der Waals surface area contributed by atoms with Crippen molar-refractivity contribution in [2.75, 3.05) is 0 Å². The van der Waals surface area contributed by atoms with Gasteiger partial charge in [0.2, 0.25) is 0 Å². The minimum atomic E-state index is -0.0169. The topological polar surface area (TPSA) is 51.8 Å². The largest absolute Gasteiger partial charge is 0.323 e. The number of nitrogens with two attached hydrogens (primary N) is 1. The second-order valence-electron chi connectivity index (χ2n) is 5.00. The number of aromatic nitrogens is 2. The molecule has 1 rings (SSSR count). The first-order valence-electron chi connectivity index (χ1n) is 5.05. The summed E-state index contributed by atoms with van der Waals surface area (Å²) in [6, 6.07) is -0.0169. The smallest absolute Gasteiger partial charge is 0.0857 e. The van der Waals surface area contributed by atoms with Gasteiger partial charge in [-0.15, -0.1) is 11.7 Å². The van der Waals surface area contributed by atoms with Crippen LogP contribution in [0.4, 0.5) is 0 Å². The summed E-state index contributed by atoms with van der Waals surface area (Å²) in [5.41, 5.74) is 8.22. The van der Waals surface area contributed by atoms with E-state index in [9.17, 15) is 0 Å². The highest BCUT2D eigenvalue weighted by Crippen LogP contribution is 2.31. The Balaban J connectivity index is 2.95. The van der Waals surface area contributed by atoms with Gasteiger partial charge in [-0.3, -0.25) is 0 Å². The molecular formula is C11H19N3S. The average molecular weight is 225 g/mol. The van der Waals surface area contributed by atoms with E-state index in [0.29, 0.717) is 0 Å². The molecule has 0 fully saturated rings. The average Bonchev–Trinajstić information content (AvgIpc) is 2.48. The summed E-state index contributed by atoms with van der Waals surface area (Å²) in [5.74, 6) is 0. The molecular weight excluding hydrogens is 206 g/mol. The minimum Gasteiger partial charge on any atom is -0.323 e. The molecule has 1 atom stereocenters. The van der Waals surface area contributed by atoms with Gasteiger partial charge in [-0.1, -0.05) is 30.8 Å². The molecule has 1 heterocycles. The number of hydrogen-bond donors (Lipinski definition) is 1. The molecule has 4 heteroatoms. The predicted octanol–water partition coefficient (Wildman–Crippen LogP) is 2.80. The maximum Gasteiger partial charge on any atom is 0.0857 e. The standard InChI is InChI=1S/C11H19N3S/c1-7(2)6-8(12)9-10(11(3,4)5)13-14-15-9/h8H,1,6,12H2,2-5H3. The van der Waals surface area contributed by atoms with Crippen LogP contribution in [0.2, 0.25) is 0 Å². The molecule has 0 aromatic carbocycles. The lowest BCUT2D eigenvalue weighted by Crippen LogP contribution is -2.19. The van der Waals surface area contributed by atoms with Crippen LogP contribution in [0.3, 0.4) is 0 Å². The van der Waals surface area contributed by atoms with Crippen LogP contribution < -0.4 is 5.73 Å². The molecule has 0 saturated heterocycles. The van der Waals surface area contributed by atoms with Crippen molar-refractivity contribution in [2.45, 2.75) is 45.6 Å². The molecule has 84 valence electrons. The Bertz CT molecular complexity index is 349. The van der Waals surface area contributed by atoms with Crippen molar-refractivity contribution in [2.24, 2.45) is 5.73 Å². The highest BCUT2D eigenvalue weighted by Gasteiger charge is 2.25. The Morgan fingerprint density at radius 1 is 1.53 bits per heavy atom. The van der Waals surface area contributed by atoms with E-state index < -0.39 is 0 Å².